The molecule has 3 aromatic rings. The molecule has 1 N–H and O–H groups in total. The van der Waals surface area contributed by atoms with E-state index in [2.05, 4.69) is 4.98 Å². The third-order valence-electron chi connectivity index (χ3n) is 4.48. The molecule has 0 aliphatic heterocycles. The minimum absolute atomic E-state index is 0.0603. The number of aryl methyl sites for hydroxylation is 1. The van der Waals surface area contributed by atoms with Gasteiger partial charge in [-0.15, -0.1) is 0 Å². The van der Waals surface area contributed by atoms with Gasteiger partial charge in [0.2, 0.25) is 0 Å². The summed E-state index contributed by atoms with van der Waals surface area (Å²) in [6.07, 6.45) is 0. The lowest BCUT2D eigenvalue weighted by Gasteiger charge is -2.15. The van der Waals surface area contributed by atoms with Crippen molar-refractivity contribution >= 4 is 38.1 Å². The van der Waals surface area contributed by atoms with Gasteiger partial charge in [0.05, 0.1) is 15.4 Å². The van der Waals surface area contributed by atoms with Crippen molar-refractivity contribution < 1.29 is 22.8 Å². The van der Waals surface area contributed by atoms with Crippen LogP contribution in [0.25, 0.3) is 22.0 Å². The Hall–Kier alpha value is -3.64. The lowest BCUT2D eigenvalue weighted by atomic mass is 9.96. The van der Waals surface area contributed by atoms with Crippen molar-refractivity contribution in [2.24, 2.45) is 0 Å². The van der Waals surface area contributed by atoms with Crippen LogP contribution in [0.3, 0.4) is 0 Å². The van der Waals surface area contributed by atoms with Crippen LogP contribution in [0.15, 0.2) is 41.3 Å². The SMILES string of the molecule is Cc1cc(-c2c([N+](=O)[O-])ccc(S(=O)(=O)O)c2[N+](=O)[O-])c2cc(N(C)C)ccc2n1. The molecule has 0 radical (unpaired) electrons. The molecule has 0 unspecified atom stereocenters. The highest BCUT2D eigenvalue weighted by atomic mass is 32.2. The molecule has 0 amide bonds. The Kier molecular flexibility index (Phi) is 5.14. The summed E-state index contributed by atoms with van der Waals surface area (Å²) in [6, 6.07) is 7.94. The number of nitro benzene ring substituents is 2. The smallest absolute Gasteiger partial charge is 0.305 e. The van der Waals surface area contributed by atoms with Crippen LogP contribution in [-0.4, -0.2) is 41.9 Å². The molecule has 2 aromatic carbocycles. The number of anilines is 1. The van der Waals surface area contributed by atoms with Crippen molar-refractivity contribution in [3.05, 3.63) is 62.3 Å². The van der Waals surface area contributed by atoms with Crippen molar-refractivity contribution in [1.82, 2.24) is 4.98 Å². The Bertz CT molecular complexity index is 1320. The molecule has 0 aliphatic carbocycles. The van der Waals surface area contributed by atoms with E-state index in [0.717, 1.165) is 6.07 Å². The summed E-state index contributed by atoms with van der Waals surface area (Å²) in [7, 11) is -1.48. The number of rotatable bonds is 5. The molecule has 0 atom stereocenters. The summed E-state index contributed by atoms with van der Waals surface area (Å²) in [5.41, 5.74) is -0.681. The van der Waals surface area contributed by atoms with E-state index in [9.17, 15) is 33.2 Å². The first-order valence-electron chi connectivity index (χ1n) is 8.44. The Morgan fingerprint density at radius 1 is 1.03 bits per heavy atom. The molecule has 1 heterocycles. The molecule has 0 fully saturated rings. The second-order valence-corrected chi connectivity index (χ2v) is 8.09. The number of nitrogens with zero attached hydrogens (tertiary/aromatic N) is 4. The van der Waals surface area contributed by atoms with Gasteiger partial charge in [-0.25, -0.2) is 0 Å². The first kappa shape index (κ1) is 21.1. The largest absolute Gasteiger partial charge is 0.378 e. The van der Waals surface area contributed by atoms with Crippen LogP contribution in [0, 0.1) is 27.2 Å². The number of hydrogen-bond donors (Lipinski definition) is 1. The number of fused-ring (bicyclic) bond motifs is 1. The molecule has 3 rings (SSSR count). The summed E-state index contributed by atoms with van der Waals surface area (Å²) in [6.45, 7) is 1.60. The Labute approximate surface area is 170 Å². The molecule has 0 saturated carbocycles. The maximum Gasteiger partial charge on any atom is 0.305 e. The fraction of sp³-hybridized carbons (Fsp3) is 0.167. The molecule has 11 nitrogen and oxygen atoms in total. The molecule has 0 aliphatic rings. The summed E-state index contributed by atoms with van der Waals surface area (Å²) in [5, 5.41) is 23.8. The predicted molar refractivity (Wildman–Crippen MR) is 109 cm³/mol. The van der Waals surface area contributed by atoms with Gasteiger partial charge in [-0.2, -0.15) is 8.42 Å². The lowest BCUT2D eigenvalue weighted by molar-refractivity contribution is -0.394. The second kappa shape index (κ2) is 7.31. The quantitative estimate of drug-likeness (QED) is 0.363. The zero-order valence-electron chi connectivity index (χ0n) is 16.1. The standard InChI is InChI=1S/C18H16N4O7S/c1-10-8-13(12-9-11(20(2)3)4-5-14(12)19-10)17-15(21(23)24)6-7-16(30(27,28)29)18(17)22(25)26/h4-9H,1-3H3,(H,27,28,29). The van der Waals surface area contributed by atoms with E-state index in [-0.39, 0.29) is 5.56 Å². The van der Waals surface area contributed by atoms with E-state index in [1.54, 1.807) is 44.1 Å². The zero-order chi connectivity index (χ0) is 22.4. The van der Waals surface area contributed by atoms with Gasteiger partial charge in [0, 0.05) is 42.5 Å². The Balaban J connectivity index is 2.60. The van der Waals surface area contributed by atoms with Crippen LogP contribution in [0.1, 0.15) is 5.69 Å². The van der Waals surface area contributed by atoms with Crippen LogP contribution in [0.5, 0.6) is 0 Å². The minimum Gasteiger partial charge on any atom is -0.378 e. The van der Waals surface area contributed by atoms with Crippen LogP contribution >= 0.6 is 0 Å². The molecular weight excluding hydrogens is 416 g/mol. The zero-order valence-corrected chi connectivity index (χ0v) is 16.9. The van der Waals surface area contributed by atoms with E-state index in [1.165, 1.54) is 6.07 Å². The number of pyridine rings is 1. The highest BCUT2D eigenvalue weighted by molar-refractivity contribution is 7.86. The van der Waals surface area contributed by atoms with E-state index >= 15 is 0 Å². The van der Waals surface area contributed by atoms with E-state index < -0.39 is 41.8 Å². The summed E-state index contributed by atoms with van der Waals surface area (Å²) < 4.78 is 33.0. The van der Waals surface area contributed by atoms with Gasteiger partial charge in [-0.1, -0.05) is 0 Å². The van der Waals surface area contributed by atoms with Gasteiger partial charge in [-0.05, 0) is 37.3 Å². The summed E-state index contributed by atoms with van der Waals surface area (Å²) in [4.78, 5) is 26.7. The van der Waals surface area contributed by atoms with Crippen LogP contribution in [-0.2, 0) is 10.1 Å². The normalized spacial score (nSPS) is 11.5. The molecule has 0 bridgehead atoms. The first-order chi connectivity index (χ1) is 13.9. The van der Waals surface area contributed by atoms with Gasteiger partial charge in [0.25, 0.3) is 5.69 Å². The maximum absolute atomic E-state index is 11.8. The van der Waals surface area contributed by atoms with Gasteiger partial charge >= 0.3 is 15.8 Å². The fourth-order valence-electron chi connectivity index (χ4n) is 3.20. The number of benzene rings is 2. The van der Waals surface area contributed by atoms with E-state index in [4.69, 9.17) is 0 Å². The van der Waals surface area contributed by atoms with Gasteiger partial charge < -0.3 is 4.90 Å². The predicted octanol–water partition coefficient (Wildman–Crippen LogP) is 3.34. The highest BCUT2D eigenvalue weighted by Crippen LogP contribution is 2.45. The van der Waals surface area contributed by atoms with Gasteiger partial charge in [0.1, 0.15) is 5.56 Å². The Morgan fingerprint density at radius 3 is 2.23 bits per heavy atom. The summed E-state index contributed by atoms with van der Waals surface area (Å²) in [5.74, 6) is 0. The number of aromatic nitrogens is 1. The molecule has 1 aromatic heterocycles. The first-order valence-corrected chi connectivity index (χ1v) is 9.88. The Morgan fingerprint density at radius 2 is 1.70 bits per heavy atom. The fourth-order valence-corrected chi connectivity index (χ4v) is 3.86. The van der Waals surface area contributed by atoms with Crippen molar-refractivity contribution in [2.45, 2.75) is 11.8 Å². The minimum atomic E-state index is -5.02. The average Bonchev–Trinajstić information content (AvgIpc) is 2.64. The number of hydrogen-bond acceptors (Lipinski definition) is 8. The molecule has 30 heavy (non-hydrogen) atoms. The highest BCUT2D eigenvalue weighted by Gasteiger charge is 2.35. The monoisotopic (exact) mass is 432 g/mol. The number of nitro groups is 2. The molecule has 0 spiro atoms. The molecule has 156 valence electrons. The van der Waals surface area contributed by atoms with Crippen LogP contribution in [0.4, 0.5) is 17.1 Å². The lowest BCUT2D eigenvalue weighted by Crippen LogP contribution is -2.09. The average molecular weight is 432 g/mol. The second-order valence-electron chi connectivity index (χ2n) is 6.70. The van der Waals surface area contributed by atoms with Crippen molar-refractivity contribution in [1.29, 1.82) is 0 Å². The van der Waals surface area contributed by atoms with E-state index in [0.29, 0.717) is 28.4 Å². The third kappa shape index (κ3) is 3.65. The maximum atomic E-state index is 11.8. The molecule has 0 saturated heterocycles. The van der Waals surface area contributed by atoms with Crippen molar-refractivity contribution in [2.75, 3.05) is 19.0 Å². The van der Waals surface area contributed by atoms with Crippen LogP contribution < -0.4 is 4.90 Å². The van der Waals surface area contributed by atoms with Gasteiger partial charge in [0.15, 0.2) is 4.90 Å². The topological polar surface area (TPSA) is 157 Å². The van der Waals surface area contributed by atoms with Gasteiger partial charge in [-0.3, -0.25) is 29.8 Å². The van der Waals surface area contributed by atoms with Crippen LogP contribution in [0.2, 0.25) is 0 Å². The van der Waals surface area contributed by atoms with E-state index in [1.807, 2.05) is 0 Å². The summed E-state index contributed by atoms with van der Waals surface area (Å²) >= 11 is 0. The molecule has 12 heteroatoms. The van der Waals surface area contributed by atoms with Crippen molar-refractivity contribution in [3.8, 4) is 11.1 Å². The third-order valence-corrected chi connectivity index (χ3v) is 5.37. The molecular formula is C18H16N4O7S. The van der Waals surface area contributed by atoms with Crippen molar-refractivity contribution in [3.63, 3.8) is 0 Å².